The minimum absolute atomic E-state index is 0.123. The molecule has 0 unspecified atom stereocenters. The van der Waals surface area contributed by atoms with Crippen LogP contribution in [0.25, 0.3) is 0 Å². The van der Waals surface area contributed by atoms with Gasteiger partial charge in [-0.3, -0.25) is 14.4 Å². The molecule has 1 N–H and O–H groups in total. The highest BCUT2D eigenvalue weighted by Gasteiger charge is 2.38. The molecule has 5 nitrogen and oxygen atoms in total. The third-order valence-corrected chi connectivity index (χ3v) is 4.50. The Morgan fingerprint density at radius 2 is 2.00 bits per heavy atom. The van der Waals surface area contributed by atoms with Crippen LogP contribution < -0.4 is 5.32 Å². The highest BCUT2D eigenvalue weighted by atomic mass is 79.9. The number of piperazine rings is 1. The quantitative estimate of drug-likeness (QED) is 0.851. The Bertz CT molecular complexity index is 489. The summed E-state index contributed by atoms with van der Waals surface area (Å²) >= 11 is 3.47. The molecule has 0 saturated carbocycles. The SMILES string of the molecule is CC(C)n1ncc(Br)c1C(=O)C(C)(C)N1CCNCC1. The first-order chi connectivity index (χ1) is 9.35. The molecule has 0 amide bonds. The Hall–Kier alpha value is -0.720. The fourth-order valence-electron chi connectivity index (χ4n) is 2.60. The fourth-order valence-corrected chi connectivity index (χ4v) is 3.06. The van der Waals surface area contributed by atoms with Crippen LogP contribution in [-0.4, -0.2) is 52.2 Å². The van der Waals surface area contributed by atoms with E-state index in [1.54, 1.807) is 10.9 Å². The number of halogens is 1. The van der Waals surface area contributed by atoms with E-state index in [2.05, 4.69) is 31.2 Å². The topological polar surface area (TPSA) is 50.2 Å². The lowest BCUT2D eigenvalue weighted by molar-refractivity contribution is 0.0588. The average molecular weight is 343 g/mol. The van der Waals surface area contributed by atoms with Crippen LogP contribution >= 0.6 is 15.9 Å². The second-order valence-electron chi connectivity index (χ2n) is 6.00. The molecule has 1 aliphatic heterocycles. The first-order valence-corrected chi connectivity index (χ1v) is 7.88. The predicted molar refractivity (Wildman–Crippen MR) is 83.2 cm³/mol. The first kappa shape index (κ1) is 15.7. The van der Waals surface area contributed by atoms with E-state index < -0.39 is 5.54 Å². The minimum atomic E-state index is -0.517. The van der Waals surface area contributed by atoms with E-state index >= 15 is 0 Å². The van der Waals surface area contributed by atoms with Gasteiger partial charge in [-0.2, -0.15) is 5.10 Å². The molecule has 1 aromatic rings. The molecule has 0 aliphatic carbocycles. The van der Waals surface area contributed by atoms with Crippen LogP contribution in [0.3, 0.4) is 0 Å². The molecule has 0 atom stereocenters. The molecule has 1 fully saturated rings. The number of aromatic nitrogens is 2. The molecule has 1 saturated heterocycles. The number of nitrogens with zero attached hydrogens (tertiary/aromatic N) is 3. The summed E-state index contributed by atoms with van der Waals surface area (Å²) in [5.74, 6) is 0.123. The van der Waals surface area contributed by atoms with Crippen molar-refractivity contribution in [1.29, 1.82) is 0 Å². The smallest absolute Gasteiger partial charge is 0.201 e. The lowest BCUT2D eigenvalue weighted by atomic mass is 9.93. The maximum Gasteiger partial charge on any atom is 0.201 e. The molecular formula is C14H23BrN4O. The van der Waals surface area contributed by atoms with Crippen molar-refractivity contribution in [2.24, 2.45) is 0 Å². The highest BCUT2D eigenvalue weighted by Crippen LogP contribution is 2.27. The van der Waals surface area contributed by atoms with Crippen LogP contribution in [0.2, 0.25) is 0 Å². The van der Waals surface area contributed by atoms with Gasteiger partial charge >= 0.3 is 0 Å². The average Bonchev–Trinajstić information content (AvgIpc) is 2.80. The number of Topliss-reactive ketones (excluding diaryl/α,β-unsaturated/α-hetero) is 1. The summed E-state index contributed by atoms with van der Waals surface area (Å²) in [6, 6.07) is 0.166. The molecule has 2 rings (SSSR count). The number of hydrogen-bond acceptors (Lipinski definition) is 4. The first-order valence-electron chi connectivity index (χ1n) is 7.09. The zero-order chi connectivity index (χ0) is 14.9. The standard InChI is InChI=1S/C14H23BrN4O/c1-10(2)19-12(11(15)9-17-19)13(20)14(3,4)18-7-5-16-6-8-18/h9-10,16H,5-8H2,1-4H3. The van der Waals surface area contributed by atoms with Gasteiger partial charge in [-0.25, -0.2) is 0 Å². The van der Waals surface area contributed by atoms with E-state index in [4.69, 9.17) is 0 Å². The van der Waals surface area contributed by atoms with Crippen LogP contribution in [-0.2, 0) is 0 Å². The Morgan fingerprint density at radius 1 is 1.40 bits per heavy atom. The Morgan fingerprint density at radius 3 is 2.55 bits per heavy atom. The summed E-state index contributed by atoms with van der Waals surface area (Å²) in [5.41, 5.74) is 0.153. The van der Waals surface area contributed by atoms with Crippen molar-refractivity contribution in [2.75, 3.05) is 26.2 Å². The number of carbonyl (C=O) groups is 1. The third-order valence-electron chi connectivity index (χ3n) is 3.92. The molecule has 0 bridgehead atoms. The second-order valence-corrected chi connectivity index (χ2v) is 6.86. The number of rotatable bonds is 4. The molecule has 112 valence electrons. The van der Waals surface area contributed by atoms with Crippen molar-refractivity contribution >= 4 is 21.7 Å². The van der Waals surface area contributed by atoms with Gasteiger partial charge in [-0.15, -0.1) is 0 Å². The summed E-state index contributed by atoms with van der Waals surface area (Å²) in [4.78, 5) is 15.3. The fraction of sp³-hybridized carbons (Fsp3) is 0.714. The number of ketones is 1. The van der Waals surface area contributed by atoms with Gasteiger partial charge in [0, 0.05) is 32.2 Å². The van der Waals surface area contributed by atoms with Crippen molar-refractivity contribution in [2.45, 2.75) is 39.3 Å². The van der Waals surface area contributed by atoms with Crippen molar-refractivity contribution in [1.82, 2.24) is 20.0 Å². The van der Waals surface area contributed by atoms with Gasteiger partial charge in [0.15, 0.2) is 0 Å². The van der Waals surface area contributed by atoms with Gasteiger partial charge in [0.2, 0.25) is 5.78 Å². The maximum absolute atomic E-state index is 13.0. The molecule has 0 radical (unpaired) electrons. The van der Waals surface area contributed by atoms with Crippen LogP contribution in [0, 0.1) is 0 Å². The lowest BCUT2D eigenvalue weighted by Crippen LogP contribution is -2.57. The highest BCUT2D eigenvalue weighted by molar-refractivity contribution is 9.10. The summed E-state index contributed by atoms with van der Waals surface area (Å²) in [6.07, 6.45) is 1.71. The largest absolute Gasteiger partial charge is 0.314 e. The van der Waals surface area contributed by atoms with Gasteiger partial charge in [0.1, 0.15) is 5.69 Å². The second kappa shape index (κ2) is 5.95. The summed E-state index contributed by atoms with van der Waals surface area (Å²) in [5, 5.41) is 7.63. The van der Waals surface area contributed by atoms with E-state index in [0.717, 1.165) is 30.7 Å². The molecular weight excluding hydrogens is 320 g/mol. The molecule has 6 heteroatoms. The summed E-state index contributed by atoms with van der Waals surface area (Å²) < 4.78 is 2.58. The van der Waals surface area contributed by atoms with Crippen molar-refractivity contribution in [3.63, 3.8) is 0 Å². The molecule has 20 heavy (non-hydrogen) atoms. The zero-order valence-electron chi connectivity index (χ0n) is 12.6. The third kappa shape index (κ3) is 2.82. The Labute approximate surface area is 128 Å². The molecule has 0 spiro atoms. The van der Waals surface area contributed by atoms with Crippen LogP contribution in [0.5, 0.6) is 0 Å². The zero-order valence-corrected chi connectivity index (χ0v) is 14.2. The molecule has 1 aromatic heterocycles. The van der Waals surface area contributed by atoms with Gasteiger partial charge in [0.25, 0.3) is 0 Å². The van der Waals surface area contributed by atoms with Crippen LogP contribution in [0.1, 0.15) is 44.2 Å². The Balaban J connectivity index is 2.32. The van der Waals surface area contributed by atoms with Crippen molar-refractivity contribution in [3.8, 4) is 0 Å². The van der Waals surface area contributed by atoms with Gasteiger partial charge in [-0.1, -0.05) is 0 Å². The van der Waals surface area contributed by atoms with E-state index in [9.17, 15) is 4.79 Å². The maximum atomic E-state index is 13.0. The van der Waals surface area contributed by atoms with Gasteiger partial charge in [0.05, 0.1) is 16.2 Å². The molecule has 0 aromatic carbocycles. The monoisotopic (exact) mass is 342 g/mol. The summed E-state index contributed by atoms with van der Waals surface area (Å²) in [6.45, 7) is 11.7. The number of hydrogen-bond donors (Lipinski definition) is 1. The predicted octanol–water partition coefficient (Wildman–Crippen LogP) is 2.09. The van der Waals surface area contributed by atoms with E-state index in [1.165, 1.54) is 0 Å². The van der Waals surface area contributed by atoms with Crippen molar-refractivity contribution < 1.29 is 4.79 Å². The van der Waals surface area contributed by atoms with E-state index in [1.807, 2.05) is 27.7 Å². The van der Waals surface area contributed by atoms with Gasteiger partial charge in [-0.05, 0) is 43.6 Å². The van der Waals surface area contributed by atoms with Gasteiger partial charge < -0.3 is 5.32 Å². The van der Waals surface area contributed by atoms with Crippen LogP contribution in [0.4, 0.5) is 0 Å². The van der Waals surface area contributed by atoms with E-state index in [-0.39, 0.29) is 11.8 Å². The minimum Gasteiger partial charge on any atom is -0.314 e. The summed E-state index contributed by atoms with van der Waals surface area (Å²) in [7, 11) is 0. The normalized spacial score (nSPS) is 17.7. The van der Waals surface area contributed by atoms with Crippen molar-refractivity contribution in [3.05, 3.63) is 16.4 Å². The van der Waals surface area contributed by atoms with Crippen LogP contribution in [0.15, 0.2) is 10.7 Å². The number of carbonyl (C=O) groups excluding carboxylic acids is 1. The molecule has 1 aliphatic rings. The number of nitrogens with one attached hydrogen (secondary N) is 1. The molecule has 2 heterocycles. The Kier molecular flexibility index (Phi) is 4.66. The lowest BCUT2D eigenvalue weighted by Gasteiger charge is -2.40. The van der Waals surface area contributed by atoms with E-state index in [0.29, 0.717) is 5.69 Å².